The minimum Gasteiger partial charge on any atom is -0.481 e. The molecular weight excluding hydrogens is 212 g/mol. The monoisotopic (exact) mass is 240 g/mol. The van der Waals surface area contributed by atoms with E-state index in [1.165, 1.54) is 57.8 Å². The van der Waals surface area contributed by atoms with Gasteiger partial charge in [-0.1, -0.05) is 71.1 Å². The van der Waals surface area contributed by atoms with Crippen LogP contribution in [0.3, 0.4) is 0 Å². The smallest absolute Gasteiger partial charge is 0.303 e. The first kappa shape index (κ1) is 18.8. The lowest BCUT2D eigenvalue weighted by Crippen LogP contribution is -1.93. The molecule has 0 aromatic heterocycles. The van der Waals surface area contributed by atoms with Crippen molar-refractivity contribution in [1.82, 2.24) is 0 Å². The van der Waals surface area contributed by atoms with Crippen LogP contribution < -0.4 is 0 Å². The average Bonchev–Trinajstić information content (AvgIpc) is 2.25. The first-order chi connectivity index (χ1) is 7.77. The van der Waals surface area contributed by atoms with Crippen LogP contribution >= 0.6 is 0 Å². The lowest BCUT2D eigenvalue weighted by molar-refractivity contribution is -0.137. The number of carbonyl (C=O) groups is 1. The van der Waals surface area contributed by atoms with Gasteiger partial charge in [-0.25, -0.2) is 0 Å². The fourth-order valence-electron chi connectivity index (χ4n) is 1.94. The minimum absolute atomic E-state index is 0. The molecule has 0 saturated carbocycles. The Hall–Kier alpha value is -0.530. The van der Waals surface area contributed by atoms with Crippen LogP contribution in [-0.2, 0) is 4.79 Å². The number of rotatable bonds is 12. The molecule has 0 aromatic carbocycles. The van der Waals surface area contributed by atoms with Gasteiger partial charge < -0.3 is 5.11 Å². The molecule has 0 atom stereocenters. The number of carboxylic acid groups (broad SMARTS) is 1. The fraction of sp³-hybridized carbons (Fsp3) is 0.867. The molecule has 0 unspecified atom stereocenters. The second-order valence-electron chi connectivity index (χ2n) is 4.68. The van der Waals surface area contributed by atoms with Crippen LogP contribution in [0.2, 0.25) is 0 Å². The zero-order chi connectivity index (χ0) is 12.1. The third-order valence-corrected chi connectivity index (χ3v) is 2.99. The fourth-order valence-corrected chi connectivity index (χ4v) is 1.94. The zero-order valence-corrected chi connectivity index (χ0v) is 11.3. The Morgan fingerprint density at radius 3 is 1.47 bits per heavy atom. The number of hydrogen-bond acceptors (Lipinski definition) is 1. The van der Waals surface area contributed by atoms with E-state index < -0.39 is 5.97 Å². The standard InChI is InChI=1S/C14H28O2.C/c1-2-3-4-5-6-7-8-9-10-11-12-13-14(15)16;/h2-13H2,1H3,(H,15,16);. The molecule has 0 rings (SSSR count). The molecule has 4 radical (unpaired) electrons. The van der Waals surface area contributed by atoms with Gasteiger partial charge in [0.05, 0.1) is 0 Å². The van der Waals surface area contributed by atoms with Crippen LogP contribution in [-0.4, -0.2) is 11.1 Å². The Morgan fingerprint density at radius 2 is 1.12 bits per heavy atom. The van der Waals surface area contributed by atoms with Gasteiger partial charge in [-0.3, -0.25) is 4.79 Å². The molecule has 2 nitrogen and oxygen atoms in total. The first-order valence-corrected chi connectivity index (χ1v) is 6.99. The minimum atomic E-state index is -0.657. The maximum Gasteiger partial charge on any atom is 0.303 e. The zero-order valence-electron chi connectivity index (χ0n) is 11.3. The van der Waals surface area contributed by atoms with Crippen molar-refractivity contribution in [3.63, 3.8) is 0 Å². The van der Waals surface area contributed by atoms with E-state index in [1.807, 2.05) is 0 Å². The van der Waals surface area contributed by atoms with E-state index in [1.54, 1.807) is 0 Å². The third-order valence-electron chi connectivity index (χ3n) is 2.99. The predicted octanol–water partition coefficient (Wildman–Crippen LogP) is 4.85. The molecule has 0 spiro atoms. The van der Waals surface area contributed by atoms with E-state index in [0.717, 1.165) is 12.8 Å². The maximum absolute atomic E-state index is 10.3. The number of hydrogen-bond donors (Lipinski definition) is 1. The summed E-state index contributed by atoms with van der Waals surface area (Å²) in [7, 11) is 0. The Morgan fingerprint density at radius 1 is 0.765 bits per heavy atom. The number of carboxylic acids is 1. The lowest BCUT2D eigenvalue weighted by Gasteiger charge is -2.01. The predicted molar refractivity (Wildman–Crippen MR) is 72.0 cm³/mol. The molecule has 0 fully saturated rings. The maximum atomic E-state index is 10.3. The summed E-state index contributed by atoms with van der Waals surface area (Å²) in [5.74, 6) is -0.657. The largest absolute Gasteiger partial charge is 0.481 e. The Balaban J connectivity index is 0. The molecule has 17 heavy (non-hydrogen) atoms. The molecule has 0 aromatic rings. The molecule has 0 aliphatic heterocycles. The van der Waals surface area contributed by atoms with Crippen molar-refractivity contribution in [2.24, 2.45) is 0 Å². The van der Waals surface area contributed by atoms with E-state index in [-0.39, 0.29) is 7.43 Å². The highest BCUT2D eigenvalue weighted by atomic mass is 16.4. The van der Waals surface area contributed by atoms with Gasteiger partial charge >= 0.3 is 5.97 Å². The van der Waals surface area contributed by atoms with Crippen molar-refractivity contribution in [2.75, 3.05) is 0 Å². The van der Waals surface area contributed by atoms with Crippen molar-refractivity contribution in [2.45, 2.75) is 84.0 Å². The van der Waals surface area contributed by atoms with Gasteiger partial charge in [-0.05, 0) is 6.42 Å². The summed E-state index contributed by atoms with van der Waals surface area (Å²) in [5, 5.41) is 8.46. The van der Waals surface area contributed by atoms with Crippen molar-refractivity contribution in [1.29, 1.82) is 0 Å². The number of aliphatic carboxylic acids is 1. The second kappa shape index (κ2) is 15.5. The van der Waals surface area contributed by atoms with Crippen molar-refractivity contribution in [3.8, 4) is 0 Å². The van der Waals surface area contributed by atoms with Crippen LogP contribution in [0, 0.1) is 7.43 Å². The van der Waals surface area contributed by atoms with Crippen LogP contribution in [0.4, 0.5) is 0 Å². The van der Waals surface area contributed by atoms with Gasteiger partial charge in [0.25, 0.3) is 0 Å². The van der Waals surface area contributed by atoms with Crippen molar-refractivity contribution < 1.29 is 9.90 Å². The average molecular weight is 240 g/mol. The third kappa shape index (κ3) is 18.1. The molecule has 0 aliphatic carbocycles. The quantitative estimate of drug-likeness (QED) is 0.495. The van der Waals surface area contributed by atoms with E-state index in [9.17, 15) is 4.79 Å². The Kier molecular flexibility index (Phi) is 17.1. The Bertz CT molecular complexity index is 155. The van der Waals surface area contributed by atoms with Crippen molar-refractivity contribution in [3.05, 3.63) is 7.43 Å². The van der Waals surface area contributed by atoms with Crippen LogP contribution in [0.15, 0.2) is 0 Å². The summed E-state index contributed by atoms with van der Waals surface area (Å²) in [6.07, 6.45) is 14.4. The van der Waals surface area contributed by atoms with Gasteiger partial charge in [-0.2, -0.15) is 0 Å². The lowest BCUT2D eigenvalue weighted by atomic mass is 10.1. The molecule has 0 aliphatic rings. The summed E-state index contributed by atoms with van der Waals surface area (Å²) in [6.45, 7) is 2.25. The SMILES string of the molecule is CCCCCCCCCCCCCC(=O)O.[C]. The van der Waals surface area contributed by atoms with Crippen LogP contribution in [0.5, 0.6) is 0 Å². The van der Waals surface area contributed by atoms with E-state index >= 15 is 0 Å². The molecule has 0 bridgehead atoms. The highest BCUT2D eigenvalue weighted by molar-refractivity contribution is 5.66. The van der Waals surface area contributed by atoms with E-state index in [2.05, 4.69) is 6.92 Å². The summed E-state index contributed by atoms with van der Waals surface area (Å²) in [6, 6.07) is 0. The molecule has 0 saturated heterocycles. The highest BCUT2D eigenvalue weighted by Gasteiger charge is 1.96. The van der Waals surface area contributed by atoms with Crippen molar-refractivity contribution >= 4 is 5.97 Å². The molecule has 0 amide bonds. The summed E-state index contributed by atoms with van der Waals surface area (Å²) in [5.41, 5.74) is 0. The highest BCUT2D eigenvalue weighted by Crippen LogP contribution is 2.11. The second-order valence-corrected chi connectivity index (χ2v) is 4.68. The summed E-state index contributed by atoms with van der Waals surface area (Å²) >= 11 is 0. The molecule has 100 valence electrons. The normalized spacial score (nSPS) is 9.94. The van der Waals surface area contributed by atoms with Gasteiger partial charge in [0, 0.05) is 13.8 Å². The van der Waals surface area contributed by atoms with E-state index in [4.69, 9.17) is 5.11 Å². The number of unbranched alkanes of at least 4 members (excludes halogenated alkanes) is 10. The first-order valence-electron chi connectivity index (χ1n) is 6.99. The summed E-state index contributed by atoms with van der Waals surface area (Å²) < 4.78 is 0. The van der Waals surface area contributed by atoms with Crippen LogP contribution in [0.1, 0.15) is 84.0 Å². The molecule has 0 heterocycles. The van der Waals surface area contributed by atoms with Gasteiger partial charge in [0.15, 0.2) is 0 Å². The van der Waals surface area contributed by atoms with Gasteiger partial charge in [-0.15, -0.1) is 0 Å². The summed E-state index contributed by atoms with van der Waals surface area (Å²) in [4.78, 5) is 10.3. The van der Waals surface area contributed by atoms with E-state index in [0.29, 0.717) is 6.42 Å². The molecule has 2 heteroatoms. The van der Waals surface area contributed by atoms with Crippen LogP contribution in [0.25, 0.3) is 0 Å². The topological polar surface area (TPSA) is 37.3 Å². The Labute approximate surface area is 108 Å². The molecular formula is C15H28O2. The molecule has 1 N–H and O–H groups in total. The van der Waals surface area contributed by atoms with Gasteiger partial charge in [0.1, 0.15) is 0 Å². The van der Waals surface area contributed by atoms with Gasteiger partial charge in [0.2, 0.25) is 0 Å².